The molecule has 41 heavy (non-hydrogen) atoms. The molecule has 1 amide bonds. The quantitative estimate of drug-likeness (QED) is 0.214. The van der Waals surface area contributed by atoms with Gasteiger partial charge in [0.15, 0.2) is 16.9 Å². The number of hydrogen-bond donors (Lipinski definition) is 0. The molecule has 0 N–H and O–H groups in total. The average molecular weight is 552 g/mol. The van der Waals surface area contributed by atoms with Crippen molar-refractivity contribution in [1.29, 1.82) is 0 Å². The molecule has 7 nitrogen and oxygen atoms in total. The lowest BCUT2D eigenvalue weighted by atomic mass is 9.97. The van der Waals surface area contributed by atoms with Crippen LogP contribution in [-0.2, 0) is 6.61 Å². The van der Waals surface area contributed by atoms with Crippen LogP contribution in [-0.4, -0.2) is 19.6 Å². The van der Waals surface area contributed by atoms with Crippen LogP contribution in [0.3, 0.4) is 0 Å². The smallest absolute Gasteiger partial charge is 0.295 e. The molecule has 0 saturated carbocycles. The number of amides is 1. The monoisotopic (exact) mass is 551 g/mol. The Kier molecular flexibility index (Phi) is 6.89. The van der Waals surface area contributed by atoms with Crippen LogP contribution in [0.1, 0.15) is 40.2 Å². The molecule has 0 spiro atoms. The van der Waals surface area contributed by atoms with Gasteiger partial charge in [-0.05, 0) is 72.6 Å². The number of anilines is 1. The second-order valence-electron chi connectivity index (χ2n) is 9.50. The Bertz CT molecular complexity index is 1800. The molecule has 0 radical (unpaired) electrons. The highest BCUT2D eigenvalue weighted by Crippen LogP contribution is 2.43. The number of carbonyl (C=O) groups is 1. The maximum Gasteiger partial charge on any atom is 0.295 e. The first-order chi connectivity index (χ1) is 20.0. The fourth-order valence-corrected chi connectivity index (χ4v) is 5.11. The Balaban J connectivity index is 1.48. The summed E-state index contributed by atoms with van der Waals surface area (Å²) in [5.41, 5.74) is 1.91. The van der Waals surface area contributed by atoms with E-state index in [9.17, 15) is 14.0 Å². The minimum absolute atomic E-state index is 0.0601. The molecule has 2 heterocycles. The number of methoxy groups -OCH3 is 1. The van der Waals surface area contributed by atoms with E-state index < -0.39 is 23.2 Å². The standard InChI is InChI=1S/C33H26FNO6/c1-3-39-24-13-11-23(12-14-24)35-30(29-31(36)25-18-22(34)10-16-26(25)41-32(29)33(35)37)21-9-15-27(28(17-21)38-2)40-19-20-7-5-4-6-8-20/h4-18,30H,3,19H2,1-2H3. The summed E-state index contributed by atoms with van der Waals surface area (Å²) in [6.07, 6.45) is 0. The molecular weight excluding hydrogens is 525 g/mol. The summed E-state index contributed by atoms with van der Waals surface area (Å²) >= 11 is 0. The van der Waals surface area contributed by atoms with Gasteiger partial charge in [-0.15, -0.1) is 0 Å². The molecule has 0 saturated heterocycles. The first-order valence-corrected chi connectivity index (χ1v) is 13.2. The normalized spacial score (nSPS) is 14.3. The molecule has 1 aliphatic rings. The van der Waals surface area contributed by atoms with E-state index in [1.165, 1.54) is 24.1 Å². The number of halogens is 1. The summed E-state index contributed by atoms with van der Waals surface area (Å²) in [6, 6.07) is 24.8. The van der Waals surface area contributed by atoms with Gasteiger partial charge in [-0.2, -0.15) is 0 Å². The summed E-state index contributed by atoms with van der Waals surface area (Å²) in [5, 5.41) is 0.0601. The molecular formula is C33H26FNO6. The number of fused-ring (bicyclic) bond motifs is 2. The van der Waals surface area contributed by atoms with Gasteiger partial charge in [0.1, 0.15) is 23.8 Å². The highest BCUT2D eigenvalue weighted by molar-refractivity contribution is 6.10. The Labute approximate surface area is 235 Å². The van der Waals surface area contributed by atoms with Crippen LogP contribution in [0, 0.1) is 5.82 Å². The van der Waals surface area contributed by atoms with E-state index >= 15 is 0 Å². The van der Waals surface area contributed by atoms with Gasteiger partial charge in [-0.1, -0.05) is 36.4 Å². The van der Waals surface area contributed by atoms with Crippen molar-refractivity contribution in [2.24, 2.45) is 0 Å². The van der Waals surface area contributed by atoms with Crippen molar-refractivity contribution in [3.63, 3.8) is 0 Å². The van der Waals surface area contributed by atoms with E-state index in [4.69, 9.17) is 18.6 Å². The third-order valence-corrected chi connectivity index (χ3v) is 7.00. The van der Waals surface area contributed by atoms with Gasteiger partial charge in [-0.3, -0.25) is 14.5 Å². The fourth-order valence-electron chi connectivity index (χ4n) is 5.11. The molecule has 4 aromatic carbocycles. The summed E-state index contributed by atoms with van der Waals surface area (Å²) in [5.74, 6) is 0.439. The SMILES string of the molecule is CCOc1ccc(N2C(=O)c3oc4ccc(F)cc4c(=O)c3C2c2ccc(OCc3ccccc3)c(OC)c2)cc1. The molecule has 1 atom stereocenters. The molecule has 206 valence electrons. The van der Waals surface area contributed by atoms with Crippen LogP contribution in [0.2, 0.25) is 0 Å². The van der Waals surface area contributed by atoms with Crippen LogP contribution < -0.4 is 24.5 Å². The zero-order valence-corrected chi connectivity index (χ0v) is 22.4. The van der Waals surface area contributed by atoms with Gasteiger partial charge >= 0.3 is 0 Å². The van der Waals surface area contributed by atoms with Crippen LogP contribution in [0.15, 0.2) is 100 Å². The molecule has 0 bridgehead atoms. The van der Waals surface area contributed by atoms with Gasteiger partial charge in [0.25, 0.3) is 5.91 Å². The van der Waals surface area contributed by atoms with Crippen molar-refractivity contribution in [2.45, 2.75) is 19.6 Å². The van der Waals surface area contributed by atoms with Gasteiger partial charge in [-0.25, -0.2) is 4.39 Å². The lowest BCUT2D eigenvalue weighted by Gasteiger charge is -2.26. The van der Waals surface area contributed by atoms with E-state index in [0.29, 0.717) is 41.7 Å². The number of benzene rings is 4. The van der Waals surface area contributed by atoms with Gasteiger partial charge < -0.3 is 18.6 Å². The summed E-state index contributed by atoms with van der Waals surface area (Å²) < 4.78 is 37.3. The highest BCUT2D eigenvalue weighted by atomic mass is 19.1. The van der Waals surface area contributed by atoms with E-state index in [-0.39, 0.29) is 22.3 Å². The summed E-state index contributed by atoms with van der Waals surface area (Å²) in [6.45, 7) is 2.72. The number of nitrogens with zero attached hydrogens (tertiary/aromatic N) is 1. The Hall–Kier alpha value is -5.11. The Morgan fingerprint density at radius 2 is 1.66 bits per heavy atom. The van der Waals surface area contributed by atoms with Crippen molar-refractivity contribution in [2.75, 3.05) is 18.6 Å². The molecule has 6 rings (SSSR count). The maximum absolute atomic E-state index is 14.1. The van der Waals surface area contributed by atoms with Crippen LogP contribution in [0.4, 0.5) is 10.1 Å². The lowest BCUT2D eigenvalue weighted by Crippen LogP contribution is -2.29. The fraction of sp³-hybridized carbons (Fsp3) is 0.152. The first kappa shape index (κ1) is 26.1. The number of hydrogen-bond acceptors (Lipinski definition) is 6. The van der Waals surface area contributed by atoms with Crippen molar-refractivity contribution in [1.82, 2.24) is 0 Å². The van der Waals surface area contributed by atoms with E-state index in [0.717, 1.165) is 11.6 Å². The molecule has 8 heteroatoms. The number of rotatable bonds is 8. The highest BCUT2D eigenvalue weighted by Gasteiger charge is 2.44. The summed E-state index contributed by atoms with van der Waals surface area (Å²) in [4.78, 5) is 29.2. The van der Waals surface area contributed by atoms with Gasteiger partial charge in [0.05, 0.1) is 30.7 Å². The summed E-state index contributed by atoms with van der Waals surface area (Å²) in [7, 11) is 1.52. The zero-order chi connectivity index (χ0) is 28.5. The topological polar surface area (TPSA) is 78.2 Å². The Morgan fingerprint density at radius 3 is 2.39 bits per heavy atom. The minimum atomic E-state index is -0.864. The van der Waals surface area contributed by atoms with E-state index in [1.807, 2.05) is 37.3 Å². The molecule has 1 aromatic heterocycles. The minimum Gasteiger partial charge on any atom is -0.494 e. The van der Waals surface area contributed by atoms with E-state index in [1.54, 1.807) is 42.5 Å². The Morgan fingerprint density at radius 1 is 0.878 bits per heavy atom. The zero-order valence-electron chi connectivity index (χ0n) is 22.4. The molecule has 5 aromatic rings. The second kappa shape index (κ2) is 10.8. The second-order valence-corrected chi connectivity index (χ2v) is 9.50. The van der Waals surface area contributed by atoms with Crippen molar-refractivity contribution in [3.8, 4) is 17.2 Å². The van der Waals surface area contributed by atoms with Crippen LogP contribution in [0.5, 0.6) is 17.2 Å². The van der Waals surface area contributed by atoms with Crippen molar-refractivity contribution in [3.05, 3.63) is 129 Å². The van der Waals surface area contributed by atoms with Gasteiger partial charge in [0, 0.05) is 5.69 Å². The average Bonchev–Trinajstić information content (AvgIpc) is 3.29. The molecule has 0 aliphatic carbocycles. The molecule has 1 unspecified atom stereocenters. The van der Waals surface area contributed by atoms with Crippen LogP contribution in [0.25, 0.3) is 11.0 Å². The first-order valence-electron chi connectivity index (χ1n) is 13.2. The van der Waals surface area contributed by atoms with Crippen molar-refractivity contribution < 1.29 is 27.8 Å². The number of ether oxygens (including phenoxy) is 3. The van der Waals surface area contributed by atoms with Gasteiger partial charge in [0.2, 0.25) is 5.76 Å². The third-order valence-electron chi connectivity index (χ3n) is 7.00. The maximum atomic E-state index is 14.1. The predicted octanol–water partition coefficient (Wildman–Crippen LogP) is 6.67. The molecule has 0 fully saturated rings. The van der Waals surface area contributed by atoms with Crippen LogP contribution >= 0.6 is 0 Å². The number of carbonyl (C=O) groups excluding carboxylic acids is 1. The van der Waals surface area contributed by atoms with Crippen molar-refractivity contribution >= 4 is 22.6 Å². The van der Waals surface area contributed by atoms with E-state index in [2.05, 4.69) is 0 Å². The lowest BCUT2D eigenvalue weighted by molar-refractivity contribution is 0.0971. The third kappa shape index (κ3) is 4.78. The predicted molar refractivity (Wildman–Crippen MR) is 152 cm³/mol. The molecule has 1 aliphatic heterocycles. The largest absolute Gasteiger partial charge is 0.494 e.